The van der Waals surface area contributed by atoms with Crippen LogP contribution in [-0.4, -0.2) is 28.2 Å². The second-order valence-corrected chi connectivity index (χ2v) is 12.3. The van der Waals surface area contributed by atoms with Crippen LogP contribution in [0.5, 0.6) is 0 Å². The van der Waals surface area contributed by atoms with Crippen LogP contribution in [0.1, 0.15) is 35.1 Å². The summed E-state index contributed by atoms with van der Waals surface area (Å²) in [6.07, 6.45) is 15.6. The van der Waals surface area contributed by atoms with Crippen molar-refractivity contribution >= 4 is 57.5 Å². The number of para-hydroxylation sites is 2. The van der Waals surface area contributed by atoms with E-state index in [1.165, 1.54) is 55.4 Å². The highest BCUT2D eigenvalue weighted by atomic mass is 15.1. The van der Waals surface area contributed by atoms with Crippen LogP contribution in [0.4, 0.5) is 11.4 Å². The molecule has 0 unspecified atom stereocenters. The normalized spacial score (nSPS) is 11.7. The smallest absolute Gasteiger partial charge is 0.213 e. The number of fused-ring (bicyclic) bond motifs is 2. The van der Waals surface area contributed by atoms with Crippen LogP contribution in [0.15, 0.2) is 122 Å². The lowest BCUT2D eigenvalue weighted by molar-refractivity contribution is -0.683. The maximum Gasteiger partial charge on any atom is 0.213 e. The first-order chi connectivity index (χ1) is 22.5. The van der Waals surface area contributed by atoms with E-state index in [0.29, 0.717) is 0 Å². The van der Waals surface area contributed by atoms with Crippen molar-refractivity contribution in [3.63, 3.8) is 0 Å². The molecule has 6 rings (SSSR count). The van der Waals surface area contributed by atoms with Gasteiger partial charge in [0.05, 0.1) is 10.8 Å². The van der Waals surface area contributed by atoms with Crippen LogP contribution >= 0.6 is 0 Å². The molecule has 230 valence electrons. The Hall–Kier alpha value is -5.22. The number of aryl methyl sites for hydroxylation is 2. The van der Waals surface area contributed by atoms with Crippen molar-refractivity contribution in [1.82, 2.24) is 0 Å². The molecule has 0 saturated heterocycles. The van der Waals surface area contributed by atoms with Crippen molar-refractivity contribution < 1.29 is 9.13 Å². The minimum atomic E-state index is 0.989. The van der Waals surface area contributed by atoms with Gasteiger partial charge in [0.25, 0.3) is 0 Å². The number of aromatic nitrogens is 2. The zero-order valence-electron chi connectivity index (χ0n) is 27.5. The van der Waals surface area contributed by atoms with E-state index in [9.17, 15) is 0 Å². The highest BCUT2D eigenvalue weighted by Gasteiger charge is 2.14. The van der Waals surface area contributed by atoms with Crippen molar-refractivity contribution in [3.05, 3.63) is 144 Å². The van der Waals surface area contributed by atoms with E-state index in [0.717, 1.165) is 25.9 Å². The first-order valence-corrected chi connectivity index (χ1v) is 16.2. The predicted molar refractivity (Wildman–Crippen MR) is 197 cm³/mol. The molecule has 0 bridgehead atoms. The van der Waals surface area contributed by atoms with Gasteiger partial charge in [-0.15, -0.1) is 0 Å². The lowest BCUT2D eigenvalue weighted by Crippen LogP contribution is -2.37. The summed E-state index contributed by atoms with van der Waals surface area (Å²) < 4.78 is 4.81. The molecule has 2 heterocycles. The quantitative estimate of drug-likeness (QED) is 0.109. The van der Waals surface area contributed by atoms with Crippen LogP contribution in [0, 0.1) is 0 Å². The molecule has 2 aromatic heterocycles. The van der Waals surface area contributed by atoms with Gasteiger partial charge in [0, 0.05) is 76.7 Å². The summed E-state index contributed by atoms with van der Waals surface area (Å²) in [5, 5.41) is 2.56. The van der Waals surface area contributed by atoms with Crippen molar-refractivity contribution in [2.24, 2.45) is 0 Å². The molecule has 0 atom stereocenters. The molecule has 6 aromatic rings. The van der Waals surface area contributed by atoms with Crippen molar-refractivity contribution in [1.29, 1.82) is 0 Å². The highest BCUT2D eigenvalue weighted by molar-refractivity contribution is 5.89. The third-order valence-corrected chi connectivity index (χ3v) is 8.69. The molecule has 4 heteroatoms. The van der Waals surface area contributed by atoms with Gasteiger partial charge in [0.2, 0.25) is 11.0 Å². The first-order valence-electron chi connectivity index (χ1n) is 16.2. The third kappa shape index (κ3) is 7.18. The zero-order chi connectivity index (χ0) is 31.9. The fourth-order valence-electron chi connectivity index (χ4n) is 6.00. The molecule has 0 aliphatic rings. The summed E-state index contributed by atoms with van der Waals surface area (Å²) >= 11 is 0. The molecule has 4 aromatic carbocycles. The summed E-state index contributed by atoms with van der Waals surface area (Å²) in [7, 11) is 8.28. The van der Waals surface area contributed by atoms with Gasteiger partial charge >= 0.3 is 0 Å². The molecule has 0 aliphatic heterocycles. The van der Waals surface area contributed by atoms with E-state index in [4.69, 9.17) is 0 Å². The van der Waals surface area contributed by atoms with Gasteiger partial charge in [-0.1, -0.05) is 72.8 Å². The maximum absolute atomic E-state index is 2.40. The van der Waals surface area contributed by atoms with Gasteiger partial charge in [-0.2, -0.15) is 9.13 Å². The summed E-state index contributed by atoms with van der Waals surface area (Å²) in [6.45, 7) is 1.98. The molecule has 0 radical (unpaired) electrons. The van der Waals surface area contributed by atoms with E-state index in [1.54, 1.807) is 0 Å². The Morgan fingerprint density at radius 3 is 1.24 bits per heavy atom. The number of anilines is 2. The Labute approximate surface area is 273 Å². The van der Waals surface area contributed by atoms with Crippen LogP contribution in [-0.2, 0) is 13.1 Å². The monoisotopic (exact) mass is 604 g/mol. The SMILES string of the molecule is CN(C)c1ccc(/C=C/c2cc[n+](CCCC[n+]3ccc(/C=C/c4ccc(N(C)C)cc4)c4ccccc43)c3ccccc23)cc1. The largest absolute Gasteiger partial charge is 0.378 e. The molecule has 0 aliphatic carbocycles. The second-order valence-electron chi connectivity index (χ2n) is 12.3. The van der Waals surface area contributed by atoms with Crippen LogP contribution < -0.4 is 18.9 Å². The van der Waals surface area contributed by atoms with Crippen molar-refractivity contribution in [3.8, 4) is 0 Å². The van der Waals surface area contributed by atoms with Gasteiger partial charge in [0.1, 0.15) is 13.1 Å². The molecule has 4 nitrogen and oxygen atoms in total. The van der Waals surface area contributed by atoms with Gasteiger partial charge in [0.15, 0.2) is 12.4 Å². The number of unbranched alkanes of at least 4 members (excludes halogenated alkanes) is 1. The number of pyridine rings is 2. The maximum atomic E-state index is 2.40. The number of hydrogen-bond donors (Lipinski definition) is 0. The fourth-order valence-corrected chi connectivity index (χ4v) is 6.00. The summed E-state index contributed by atoms with van der Waals surface area (Å²) in [5.41, 5.74) is 9.86. The average Bonchev–Trinajstić information content (AvgIpc) is 3.09. The van der Waals surface area contributed by atoms with Crippen LogP contribution in [0.3, 0.4) is 0 Å². The number of nitrogens with zero attached hydrogens (tertiary/aromatic N) is 4. The lowest BCUT2D eigenvalue weighted by Gasteiger charge is -2.11. The van der Waals surface area contributed by atoms with Gasteiger partial charge in [-0.05, 0) is 58.7 Å². The fraction of sp³-hybridized carbons (Fsp3) is 0.190. The van der Waals surface area contributed by atoms with E-state index in [2.05, 4.69) is 193 Å². The van der Waals surface area contributed by atoms with Crippen molar-refractivity contribution in [2.45, 2.75) is 25.9 Å². The molecular formula is C42H44N4+2. The van der Waals surface area contributed by atoms with E-state index < -0.39 is 0 Å². The Morgan fingerprint density at radius 1 is 0.457 bits per heavy atom. The van der Waals surface area contributed by atoms with Crippen LogP contribution in [0.2, 0.25) is 0 Å². The standard InChI is InChI=1S/C42H44N4/c1-43(2)37-23-17-33(18-24-37)15-21-35-27-31-45(41-13-7-5-11-39(35)41)29-9-10-30-46-32-28-36(40-12-6-8-14-42(40)46)22-16-34-19-25-38(26-20-34)44(3)4/h5-8,11-28,31-32H,9-10,29-30H2,1-4H3/q+2. The molecule has 0 spiro atoms. The van der Waals surface area contributed by atoms with E-state index >= 15 is 0 Å². The van der Waals surface area contributed by atoms with Gasteiger partial charge < -0.3 is 9.80 Å². The minimum Gasteiger partial charge on any atom is -0.378 e. The Balaban J connectivity index is 1.12. The van der Waals surface area contributed by atoms with E-state index in [-0.39, 0.29) is 0 Å². The number of rotatable bonds is 11. The summed E-state index contributed by atoms with van der Waals surface area (Å²) in [5.74, 6) is 0. The van der Waals surface area contributed by atoms with Gasteiger partial charge in [-0.25, -0.2) is 0 Å². The summed E-state index contributed by atoms with van der Waals surface area (Å²) in [6, 6.07) is 39.3. The Bertz CT molecular complexity index is 1840. The van der Waals surface area contributed by atoms with Crippen LogP contribution in [0.25, 0.3) is 46.1 Å². The Kier molecular flexibility index (Phi) is 9.54. The topological polar surface area (TPSA) is 14.2 Å². The molecule has 0 fully saturated rings. The highest BCUT2D eigenvalue weighted by Crippen LogP contribution is 2.21. The molecule has 46 heavy (non-hydrogen) atoms. The third-order valence-electron chi connectivity index (χ3n) is 8.69. The minimum absolute atomic E-state index is 0.989. The molecule has 0 saturated carbocycles. The molecular weight excluding hydrogens is 560 g/mol. The average molecular weight is 605 g/mol. The number of hydrogen-bond acceptors (Lipinski definition) is 2. The zero-order valence-corrected chi connectivity index (χ0v) is 27.5. The van der Waals surface area contributed by atoms with E-state index in [1.807, 2.05) is 0 Å². The first kappa shape index (κ1) is 30.8. The molecule has 0 amide bonds. The van der Waals surface area contributed by atoms with Crippen molar-refractivity contribution in [2.75, 3.05) is 38.0 Å². The number of benzene rings is 4. The lowest BCUT2D eigenvalue weighted by atomic mass is 10.1. The Morgan fingerprint density at radius 2 is 0.848 bits per heavy atom. The van der Waals surface area contributed by atoms with Gasteiger partial charge in [-0.3, -0.25) is 0 Å². The second kappa shape index (κ2) is 14.3. The summed E-state index contributed by atoms with van der Waals surface area (Å²) in [4.78, 5) is 4.25. The molecule has 0 N–H and O–H groups in total. The predicted octanol–water partition coefficient (Wildman–Crippen LogP) is 8.52.